The molecule has 118 valence electrons. The minimum atomic E-state index is -0.962. The number of carbonyl (C=O) groups is 1. The van der Waals surface area contributed by atoms with Crippen LogP contribution in [0.5, 0.6) is 0 Å². The monoisotopic (exact) mass is 326 g/mol. The molecule has 0 spiro atoms. The van der Waals surface area contributed by atoms with Crippen molar-refractivity contribution in [3.63, 3.8) is 0 Å². The van der Waals surface area contributed by atoms with Crippen LogP contribution >= 0.6 is 12.2 Å². The van der Waals surface area contributed by atoms with Gasteiger partial charge < -0.3 is 10.1 Å². The molecule has 2 rings (SSSR count). The zero-order valence-corrected chi connectivity index (χ0v) is 12.9. The zero-order valence-electron chi connectivity index (χ0n) is 12.1. The van der Waals surface area contributed by atoms with Crippen molar-refractivity contribution in [2.24, 2.45) is 0 Å². The Kier molecular flexibility index (Phi) is 5.57. The van der Waals surface area contributed by atoms with Crippen molar-refractivity contribution in [2.75, 3.05) is 19.8 Å². The van der Waals surface area contributed by atoms with E-state index >= 15 is 0 Å². The molecule has 1 N–H and O–H groups in total. The van der Waals surface area contributed by atoms with Crippen molar-refractivity contribution in [3.05, 3.63) is 41.1 Å². The lowest BCUT2D eigenvalue weighted by molar-refractivity contribution is -0.122. The van der Waals surface area contributed by atoms with Crippen molar-refractivity contribution >= 4 is 29.3 Å². The highest BCUT2D eigenvalue weighted by Crippen LogP contribution is 2.16. The van der Waals surface area contributed by atoms with Crippen molar-refractivity contribution in [2.45, 2.75) is 13.3 Å². The van der Waals surface area contributed by atoms with Crippen LogP contribution in [0.1, 0.15) is 18.9 Å². The van der Waals surface area contributed by atoms with E-state index < -0.39 is 11.6 Å². The molecule has 1 heterocycles. The quantitative estimate of drug-likeness (QED) is 0.495. The Bertz CT molecular complexity index is 620. The maximum absolute atomic E-state index is 13.2. The fourth-order valence-electron chi connectivity index (χ4n) is 2.01. The Balaban J connectivity index is 2.06. The molecule has 1 saturated heterocycles. The minimum Gasteiger partial charge on any atom is -0.382 e. The fourth-order valence-corrected chi connectivity index (χ4v) is 2.30. The molecule has 7 heteroatoms. The molecule has 1 fully saturated rings. The van der Waals surface area contributed by atoms with Gasteiger partial charge in [-0.15, -0.1) is 0 Å². The molecule has 0 atom stereocenters. The molecule has 0 aliphatic carbocycles. The normalized spacial score (nSPS) is 16.5. The Morgan fingerprint density at radius 1 is 1.36 bits per heavy atom. The van der Waals surface area contributed by atoms with Crippen molar-refractivity contribution in [3.8, 4) is 0 Å². The molecule has 1 aliphatic heterocycles. The van der Waals surface area contributed by atoms with E-state index in [2.05, 4.69) is 5.32 Å². The lowest BCUT2D eigenvalue weighted by Crippen LogP contribution is -2.32. The van der Waals surface area contributed by atoms with Gasteiger partial charge in [-0.2, -0.15) is 0 Å². The molecule has 1 aromatic carbocycles. The number of nitrogens with one attached hydrogen (secondary N) is 1. The first kappa shape index (κ1) is 16.5. The summed E-state index contributed by atoms with van der Waals surface area (Å²) in [6.45, 7) is 3.51. The Hall–Kier alpha value is -1.86. The van der Waals surface area contributed by atoms with Crippen LogP contribution in [0.3, 0.4) is 0 Å². The molecule has 1 aromatic rings. The summed E-state index contributed by atoms with van der Waals surface area (Å²) < 4.78 is 31.3. The van der Waals surface area contributed by atoms with E-state index in [0.717, 1.165) is 12.1 Å². The van der Waals surface area contributed by atoms with Gasteiger partial charge in [-0.1, -0.05) is 6.07 Å². The summed E-state index contributed by atoms with van der Waals surface area (Å²) in [5.74, 6) is -2.18. The number of ether oxygens (including phenoxy) is 1. The smallest absolute Gasteiger partial charge is 0.276 e. The second-order valence-corrected chi connectivity index (χ2v) is 5.06. The number of halogens is 2. The van der Waals surface area contributed by atoms with Gasteiger partial charge in [0.1, 0.15) is 5.70 Å². The van der Waals surface area contributed by atoms with Crippen LogP contribution in [0.25, 0.3) is 6.08 Å². The van der Waals surface area contributed by atoms with Gasteiger partial charge in [0.15, 0.2) is 16.7 Å². The molecule has 0 bridgehead atoms. The Morgan fingerprint density at radius 2 is 2.14 bits per heavy atom. The SMILES string of the molecule is CCOCCCN1C(=O)/C(=C\c2ccc(F)c(F)c2)NC1=S. The summed E-state index contributed by atoms with van der Waals surface area (Å²) in [7, 11) is 0. The zero-order chi connectivity index (χ0) is 16.1. The highest BCUT2D eigenvalue weighted by molar-refractivity contribution is 7.80. The van der Waals surface area contributed by atoms with Crippen LogP contribution in [0.15, 0.2) is 23.9 Å². The van der Waals surface area contributed by atoms with Gasteiger partial charge in [0.05, 0.1) is 0 Å². The van der Waals surface area contributed by atoms with E-state index in [1.807, 2.05) is 6.92 Å². The molecule has 4 nitrogen and oxygen atoms in total. The molecule has 0 unspecified atom stereocenters. The molecule has 0 aromatic heterocycles. The lowest BCUT2D eigenvalue weighted by Gasteiger charge is -2.13. The van der Waals surface area contributed by atoms with E-state index in [9.17, 15) is 13.6 Å². The number of rotatable bonds is 6. The van der Waals surface area contributed by atoms with E-state index in [1.165, 1.54) is 17.0 Å². The highest BCUT2D eigenvalue weighted by atomic mass is 32.1. The average Bonchev–Trinajstić information content (AvgIpc) is 2.74. The number of amides is 1. The van der Waals surface area contributed by atoms with Crippen molar-refractivity contribution < 1.29 is 18.3 Å². The molecular formula is C15H16F2N2O2S. The predicted molar refractivity (Wildman–Crippen MR) is 82.9 cm³/mol. The van der Waals surface area contributed by atoms with Gasteiger partial charge in [0, 0.05) is 19.8 Å². The summed E-state index contributed by atoms with van der Waals surface area (Å²) in [5.41, 5.74) is 0.626. The fraction of sp³-hybridized carbons (Fsp3) is 0.333. The van der Waals surface area contributed by atoms with Gasteiger partial charge in [0.2, 0.25) is 0 Å². The Morgan fingerprint density at radius 3 is 2.82 bits per heavy atom. The maximum Gasteiger partial charge on any atom is 0.276 e. The van der Waals surface area contributed by atoms with Gasteiger partial charge >= 0.3 is 0 Å². The third-order valence-corrected chi connectivity index (χ3v) is 3.41. The van der Waals surface area contributed by atoms with Crippen LogP contribution in [0, 0.1) is 11.6 Å². The Labute approximate surface area is 132 Å². The summed E-state index contributed by atoms with van der Waals surface area (Å²) >= 11 is 5.11. The first-order valence-electron chi connectivity index (χ1n) is 6.90. The van der Waals surface area contributed by atoms with Gasteiger partial charge in [0.25, 0.3) is 5.91 Å². The van der Waals surface area contributed by atoms with Crippen molar-refractivity contribution in [1.82, 2.24) is 10.2 Å². The minimum absolute atomic E-state index is 0.243. The van der Waals surface area contributed by atoms with Crippen LogP contribution in [-0.4, -0.2) is 35.7 Å². The third-order valence-electron chi connectivity index (χ3n) is 3.09. The third kappa shape index (κ3) is 3.86. The molecule has 22 heavy (non-hydrogen) atoms. The number of nitrogens with zero attached hydrogens (tertiary/aromatic N) is 1. The molecule has 0 radical (unpaired) electrons. The molecule has 1 amide bonds. The first-order chi connectivity index (χ1) is 10.5. The maximum atomic E-state index is 13.2. The van der Waals surface area contributed by atoms with E-state index in [1.54, 1.807) is 0 Å². The van der Waals surface area contributed by atoms with E-state index in [4.69, 9.17) is 17.0 Å². The second kappa shape index (κ2) is 7.42. The van der Waals surface area contributed by atoms with E-state index in [0.29, 0.717) is 36.9 Å². The summed E-state index contributed by atoms with van der Waals surface area (Å²) in [4.78, 5) is 13.7. The second-order valence-electron chi connectivity index (χ2n) is 4.67. The average molecular weight is 326 g/mol. The van der Waals surface area contributed by atoms with Crippen LogP contribution in [0.2, 0.25) is 0 Å². The van der Waals surface area contributed by atoms with Crippen molar-refractivity contribution in [1.29, 1.82) is 0 Å². The summed E-state index contributed by atoms with van der Waals surface area (Å²) in [6.07, 6.45) is 2.11. The topological polar surface area (TPSA) is 41.6 Å². The highest BCUT2D eigenvalue weighted by Gasteiger charge is 2.29. The lowest BCUT2D eigenvalue weighted by atomic mass is 10.2. The summed E-state index contributed by atoms with van der Waals surface area (Å²) in [5, 5.41) is 3.09. The molecule has 0 saturated carbocycles. The van der Waals surface area contributed by atoms with Gasteiger partial charge in [-0.05, 0) is 49.3 Å². The van der Waals surface area contributed by atoms with Crippen LogP contribution in [-0.2, 0) is 9.53 Å². The largest absolute Gasteiger partial charge is 0.382 e. The van der Waals surface area contributed by atoms with Crippen LogP contribution in [0.4, 0.5) is 8.78 Å². The molecular weight excluding hydrogens is 310 g/mol. The number of thiocarbonyl (C=S) groups is 1. The molecule has 1 aliphatic rings. The number of hydrogen-bond donors (Lipinski definition) is 1. The number of benzene rings is 1. The number of hydrogen-bond acceptors (Lipinski definition) is 3. The summed E-state index contributed by atoms with van der Waals surface area (Å²) in [6, 6.07) is 3.43. The van der Waals surface area contributed by atoms with Crippen LogP contribution < -0.4 is 5.32 Å². The predicted octanol–water partition coefficient (Wildman–Crippen LogP) is 2.45. The standard InChI is InChI=1S/C15H16F2N2O2S/c1-2-21-7-3-6-19-14(20)13(18-15(19)22)9-10-4-5-11(16)12(17)8-10/h4-5,8-9H,2-3,6-7H2,1H3,(H,18,22)/b13-9+. The first-order valence-corrected chi connectivity index (χ1v) is 7.31. The number of carbonyl (C=O) groups excluding carboxylic acids is 1. The van der Waals surface area contributed by atoms with Gasteiger partial charge in [-0.25, -0.2) is 8.78 Å². The van der Waals surface area contributed by atoms with E-state index in [-0.39, 0.29) is 11.6 Å². The van der Waals surface area contributed by atoms with Gasteiger partial charge in [-0.3, -0.25) is 9.69 Å².